The zero-order valence-electron chi connectivity index (χ0n) is 27.4. The summed E-state index contributed by atoms with van der Waals surface area (Å²) in [5.41, 5.74) is 8.64. The number of thiophene rings is 1. The van der Waals surface area contributed by atoms with E-state index in [2.05, 4.69) is 5.32 Å². The monoisotopic (exact) mass is 644 g/mol. The molecule has 3 amide bonds. The first-order chi connectivity index (χ1) is 21.9. The SMILES string of the molecule is CN(C(=O)/C=C/CC1(N)CCC1)[C@H](Cc1ccc(-c2ccccc2)cc1)C(=O)N(C)[C@H](Cc1cccs1)C(=O)NCC(C)(C)CO. The van der Waals surface area contributed by atoms with Crippen LogP contribution >= 0.6 is 11.3 Å². The molecule has 46 heavy (non-hydrogen) atoms. The topological polar surface area (TPSA) is 116 Å². The molecule has 9 heteroatoms. The molecule has 1 aliphatic rings. The van der Waals surface area contributed by atoms with E-state index in [1.54, 1.807) is 14.1 Å². The second-order valence-electron chi connectivity index (χ2n) is 13.3. The molecule has 1 fully saturated rings. The van der Waals surface area contributed by atoms with Crippen LogP contribution in [0.3, 0.4) is 0 Å². The number of benzene rings is 2. The number of rotatable bonds is 15. The number of hydrogen-bond donors (Lipinski definition) is 3. The summed E-state index contributed by atoms with van der Waals surface area (Å²) >= 11 is 1.52. The van der Waals surface area contributed by atoms with Crippen LogP contribution < -0.4 is 11.1 Å². The Labute approximate surface area is 277 Å². The third kappa shape index (κ3) is 9.37. The van der Waals surface area contributed by atoms with Gasteiger partial charge in [-0.15, -0.1) is 11.3 Å². The van der Waals surface area contributed by atoms with E-state index in [4.69, 9.17) is 5.73 Å². The number of nitrogens with zero attached hydrogens (tertiary/aromatic N) is 2. The zero-order valence-corrected chi connectivity index (χ0v) is 28.3. The molecular weight excluding hydrogens is 596 g/mol. The molecule has 4 rings (SSSR count). The normalized spacial score (nSPS) is 15.5. The third-order valence-electron chi connectivity index (χ3n) is 8.99. The van der Waals surface area contributed by atoms with E-state index in [-0.39, 0.29) is 42.8 Å². The average Bonchev–Trinajstić information content (AvgIpc) is 3.57. The zero-order chi connectivity index (χ0) is 33.3. The summed E-state index contributed by atoms with van der Waals surface area (Å²) in [6, 6.07) is 20.3. The van der Waals surface area contributed by atoms with Crippen molar-refractivity contribution < 1.29 is 19.5 Å². The van der Waals surface area contributed by atoms with Crippen molar-refractivity contribution in [3.63, 3.8) is 0 Å². The van der Waals surface area contributed by atoms with Gasteiger partial charge < -0.3 is 26.0 Å². The second kappa shape index (κ2) is 15.7. The summed E-state index contributed by atoms with van der Waals surface area (Å²) in [5.74, 6) is -0.928. The summed E-state index contributed by atoms with van der Waals surface area (Å²) < 4.78 is 0. The molecule has 2 atom stereocenters. The molecule has 0 saturated heterocycles. The maximum Gasteiger partial charge on any atom is 0.246 e. The molecule has 3 aromatic rings. The van der Waals surface area contributed by atoms with E-state index in [9.17, 15) is 19.5 Å². The van der Waals surface area contributed by atoms with Crippen LogP contribution in [0.2, 0.25) is 0 Å². The smallest absolute Gasteiger partial charge is 0.246 e. The van der Waals surface area contributed by atoms with Gasteiger partial charge in [0.2, 0.25) is 17.7 Å². The molecule has 246 valence electrons. The fourth-order valence-corrected chi connectivity index (χ4v) is 6.23. The minimum absolute atomic E-state index is 0.0888. The average molecular weight is 645 g/mol. The molecule has 8 nitrogen and oxygen atoms in total. The molecule has 1 aliphatic carbocycles. The molecule has 0 spiro atoms. The summed E-state index contributed by atoms with van der Waals surface area (Å²) in [4.78, 5) is 45.4. The Morgan fingerprint density at radius 1 is 0.957 bits per heavy atom. The predicted molar refractivity (Wildman–Crippen MR) is 185 cm³/mol. The van der Waals surface area contributed by atoms with E-state index >= 15 is 0 Å². The number of nitrogens with one attached hydrogen (secondary N) is 1. The van der Waals surface area contributed by atoms with Crippen LogP contribution in [0.4, 0.5) is 0 Å². The van der Waals surface area contributed by atoms with Gasteiger partial charge in [0.25, 0.3) is 0 Å². The van der Waals surface area contributed by atoms with Gasteiger partial charge in [0.15, 0.2) is 0 Å². The highest BCUT2D eigenvalue weighted by Crippen LogP contribution is 2.32. The second-order valence-corrected chi connectivity index (χ2v) is 14.4. The van der Waals surface area contributed by atoms with Crippen molar-refractivity contribution >= 4 is 29.1 Å². The van der Waals surface area contributed by atoms with Crippen molar-refractivity contribution in [1.82, 2.24) is 15.1 Å². The first kappa shape index (κ1) is 35.1. The standard InChI is InChI=1S/C37H48N4O4S/c1-36(2,26-42)25-39-34(44)31(24-30-13-9-22-46-30)41(4)35(45)32(40(3)33(43)14-8-19-37(38)20-10-21-37)23-27-15-17-29(18-16-27)28-11-6-5-7-12-28/h5-9,11-18,22,31-32,42H,10,19-21,23-26,38H2,1-4H3,(H,39,44)/b14-8+/t31-,32-/m1/s1. The minimum atomic E-state index is -0.854. The Hall–Kier alpha value is -3.79. The molecule has 0 radical (unpaired) electrons. The van der Waals surface area contributed by atoms with Gasteiger partial charge in [0.1, 0.15) is 12.1 Å². The lowest BCUT2D eigenvalue weighted by Crippen LogP contribution is -2.56. The van der Waals surface area contributed by atoms with Gasteiger partial charge in [-0.25, -0.2) is 0 Å². The lowest BCUT2D eigenvalue weighted by molar-refractivity contribution is -0.146. The largest absolute Gasteiger partial charge is 0.396 e. The van der Waals surface area contributed by atoms with Gasteiger partial charge in [0, 0.05) is 55.9 Å². The van der Waals surface area contributed by atoms with Gasteiger partial charge >= 0.3 is 0 Å². The van der Waals surface area contributed by atoms with Gasteiger partial charge in [-0.2, -0.15) is 0 Å². The van der Waals surface area contributed by atoms with Gasteiger partial charge in [-0.05, 0) is 59.9 Å². The van der Waals surface area contributed by atoms with Crippen molar-refractivity contribution in [2.24, 2.45) is 11.1 Å². The molecule has 1 aromatic heterocycles. The Kier molecular flexibility index (Phi) is 11.9. The first-order valence-corrected chi connectivity index (χ1v) is 16.8. The van der Waals surface area contributed by atoms with Gasteiger partial charge in [-0.3, -0.25) is 14.4 Å². The number of carbonyl (C=O) groups excluding carboxylic acids is 3. The van der Waals surface area contributed by atoms with Gasteiger partial charge in [-0.1, -0.05) is 80.6 Å². The van der Waals surface area contributed by atoms with E-state index in [1.807, 2.05) is 92.0 Å². The van der Waals surface area contributed by atoms with Crippen LogP contribution in [0.25, 0.3) is 11.1 Å². The number of hydrogen-bond acceptors (Lipinski definition) is 6. The predicted octanol–water partition coefficient (Wildman–Crippen LogP) is 4.82. The highest BCUT2D eigenvalue weighted by atomic mass is 32.1. The Balaban J connectivity index is 1.59. The summed E-state index contributed by atoms with van der Waals surface area (Å²) in [7, 11) is 3.27. The molecule has 0 aliphatic heterocycles. The highest BCUT2D eigenvalue weighted by Gasteiger charge is 2.36. The fraction of sp³-hybridized carbons (Fsp3) is 0.432. The number of nitrogens with two attached hydrogens (primary N) is 1. The molecule has 1 saturated carbocycles. The third-order valence-corrected chi connectivity index (χ3v) is 9.88. The van der Waals surface area contributed by atoms with Crippen LogP contribution in [-0.4, -0.2) is 77.5 Å². The van der Waals surface area contributed by atoms with Crippen molar-refractivity contribution in [1.29, 1.82) is 0 Å². The Morgan fingerprint density at radius 3 is 2.22 bits per heavy atom. The van der Waals surface area contributed by atoms with E-state index in [0.717, 1.165) is 40.8 Å². The number of aliphatic hydroxyl groups excluding tert-OH is 1. The first-order valence-electron chi connectivity index (χ1n) is 16.0. The van der Waals surface area contributed by atoms with Gasteiger partial charge in [0.05, 0.1) is 0 Å². The fourth-order valence-electron chi connectivity index (χ4n) is 5.49. The minimum Gasteiger partial charge on any atom is -0.396 e. The van der Waals surface area contributed by atoms with Crippen molar-refractivity contribution in [2.75, 3.05) is 27.2 Å². The molecule has 2 aromatic carbocycles. The van der Waals surface area contributed by atoms with Crippen molar-refractivity contribution in [3.8, 4) is 11.1 Å². The summed E-state index contributed by atoms with van der Waals surface area (Å²) in [5, 5.41) is 14.6. The number of likely N-dealkylation sites (N-methyl/N-ethyl adjacent to an activating group) is 2. The van der Waals surface area contributed by atoms with Crippen LogP contribution in [0.15, 0.2) is 84.3 Å². The van der Waals surface area contributed by atoms with E-state index in [0.29, 0.717) is 12.8 Å². The lowest BCUT2D eigenvalue weighted by atomic mass is 9.75. The van der Waals surface area contributed by atoms with Crippen LogP contribution in [0.5, 0.6) is 0 Å². The van der Waals surface area contributed by atoms with Crippen LogP contribution in [-0.2, 0) is 27.2 Å². The molecule has 0 unspecified atom stereocenters. The highest BCUT2D eigenvalue weighted by molar-refractivity contribution is 7.09. The van der Waals surface area contributed by atoms with E-state index < -0.39 is 17.5 Å². The van der Waals surface area contributed by atoms with Crippen molar-refractivity contribution in [3.05, 3.63) is 94.7 Å². The summed E-state index contributed by atoms with van der Waals surface area (Å²) in [6.45, 7) is 3.89. The Morgan fingerprint density at radius 2 is 1.63 bits per heavy atom. The molecule has 0 bridgehead atoms. The Bertz CT molecular complexity index is 1470. The molecule has 1 heterocycles. The summed E-state index contributed by atoms with van der Waals surface area (Å²) in [6.07, 6.45) is 7.53. The number of carbonyl (C=O) groups is 3. The maximum atomic E-state index is 14.4. The van der Waals surface area contributed by atoms with Crippen molar-refractivity contribution in [2.45, 2.75) is 70.0 Å². The van der Waals surface area contributed by atoms with Crippen LogP contribution in [0.1, 0.15) is 50.0 Å². The lowest BCUT2D eigenvalue weighted by Gasteiger charge is -2.37. The number of amides is 3. The maximum absolute atomic E-state index is 14.4. The molecule has 4 N–H and O–H groups in total. The number of aliphatic hydroxyl groups is 1. The van der Waals surface area contributed by atoms with E-state index in [1.165, 1.54) is 27.2 Å². The van der Waals surface area contributed by atoms with Crippen LogP contribution in [0, 0.1) is 5.41 Å². The molecular formula is C37H48N4O4S. The quantitative estimate of drug-likeness (QED) is 0.205.